The predicted molar refractivity (Wildman–Crippen MR) is 85.9 cm³/mol. The Hall–Kier alpha value is -2.67. The van der Waals surface area contributed by atoms with Crippen LogP contribution >= 0.6 is 15.9 Å². The number of hydrazone groups is 1. The number of halogens is 1. The summed E-state index contributed by atoms with van der Waals surface area (Å²) in [5, 5.41) is 3.66. The SMILES string of the molecule is NC(=O)N/N=C/c1cc(Br)ccc1OC(=O)c1ccccc1. The van der Waals surface area contributed by atoms with E-state index in [0.29, 0.717) is 16.9 Å². The summed E-state index contributed by atoms with van der Waals surface area (Å²) in [6, 6.07) is 12.9. The fraction of sp³-hybridized carbons (Fsp3) is 0. The maximum atomic E-state index is 12.1. The van der Waals surface area contributed by atoms with Crippen LogP contribution in [0.2, 0.25) is 0 Å². The van der Waals surface area contributed by atoms with Crippen LogP contribution < -0.4 is 15.9 Å². The summed E-state index contributed by atoms with van der Waals surface area (Å²) in [6.07, 6.45) is 1.34. The number of hydrogen-bond donors (Lipinski definition) is 2. The molecule has 7 heteroatoms. The second-order valence-corrected chi connectivity index (χ2v) is 5.09. The van der Waals surface area contributed by atoms with Gasteiger partial charge in [-0.25, -0.2) is 15.0 Å². The van der Waals surface area contributed by atoms with Crippen molar-refractivity contribution in [3.8, 4) is 5.75 Å². The summed E-state index contributed by atoms with van der Waals surface area (Å²) in [6.45, 7) is 0. The second-order valence-electron chi connectivity index (χ2n) is 4.17. The molecule has 0 spiro atoms. The Balaban J connectivity index is 2.21. The Morgan fingerprint density at radius 1 is 1.18 bits per heavy atom. The average molecular weight is 362 g/mol. The van der Waals surface area contributed by atoms with Gasteiger partial charge in [0.15, 0.2) is 0 Å². The van der Waals surface area contributed by atoms with E-state index < -0.39 is 12.0 Å². The highest BCUT2D eigenvalue weighted by Gasteiger charge is 2.11. The lowest BCUT2D eigenvalue weighted by Crippen LogP contribution is -2.24. The zero-order chi connectivity index (χ0) is 15.9. The van der Waals surface area contributed by atoms with Crippen molar-refractivity contribution in [2.75, 3.05) is 0 Å². The van der Waals surface area contributed by atoms with Gasteiger partial charge >= 0.3 is 12.0 Å². The summed E-state index contributed by atoms with van der Waals surface area (Å²) in [7, 11) is 0. The normalized spacial score (nSPS) is 10.4. The van der Waals surface area contributed by atoms with E-state index in [1.807, 2.05) is 6.07 Å². The van der Waals surface area contributed by atoms with Gasteiger partial charge in [0.05, 0.1) is 11.8 Å². The zero-order valence-corrected chi connectivity index (χ0v) is 12.9. The molecule has 0 radical (unpaired) electrons. The molecule has 0 saturated carbocycles. The molecule has 2 aromatic carbocycles. The van der Waals surface area contributed by atoms with Gasteiger partial charge in [-0.05, 0) is 30.3 Å². The molecule has 2 aromatic rings. The van der Waals surface area contributed by atoms with E-state index in [0.717, 1.165) is 4.47 Å². The molecular formula is C15H12BrN3O3. The van der Waals surface area contributed by atoms with Gasteiger partial charge in [0.2, 0.25) is 0 Å². The second kappa shape index (κ2) is 7.37. The molecule has 112 valence electrons. The van der Waals surface area contributed by atoms with Gasteiger partial charge in [-0.15, -0.1) is 0 Å². The van der Waals surface area contributed by atoms with Gasteiger partial charge in [0.1, 0.15) is 5.75 Å². The van der Waals surface area contributed by atoms with E-state index in [4.69, 9.17) is 10.5 Å². The number of carbonyl (C=O) groups is 2. The highest BCUT2D eigenvalue weighted by Crippen LogP contribution is 2.22. The first-order chi connectivity index (χ1) is 10.6. The van der Waals surface area contributed by atoms with Crippen LogP contribution in [0.1, 0.15) is 15.9 Å². The molecule has 0 aromatic heterocycles. The smallest absolute Gasteiger partial charge is 0.343 e. The van der Waals surface area contributed by atoms with Crippen molar-refractivity contribution in [2.24, 2.45) is 10.8 Å². The fourth-order valence-electron chi connectivity index (χ4n) is 1.61. The standard InChI is InChI=1S/C15H12BrN3O3/c16-12-6-7-13(11(8-12)9-18-19-15(17)21)22-14(20)10-4-2-1-3-5-10/h1-9H,(H3,17,19,21)/b18-9+. The highest BCUT2D eigenvalue weighted by molar-refractivity contribution is 9.10. The minimum Gasteiger partial charge on any atom is -0.422 e. The third kappa shape index (κ3) is 4.42. The molecular weight excluding hydrogens is 350 g/mol. The number of primary amides is 1. The van der Waals surface area contributed by atoms with Crippen LogP contribution in [0.15, 0.2) is 58.1 Å². The lowest BCUT2D eigenvalue weighted by atomic mass is 10.2. The molecule has 0 atom stereocenters. The van der Waals surface area contributed by atoms with Crippen molar-refractivity contribution >= 4 is 34.1 Å². The van der Waals surface area contributed by atoms with E-state index in [1.165, 1.54) is 6.21 Å². The van der Waals surface area contributed by atoms with E-state index in [2.05, 4.69) is 26.5 Å². The maximum Gasteiger partial charge on any atom is 0.343 e. The minimum absolute atomic E-state index is 0.312. The molecule has 6 nitrogen and oxygen atoms in total. The number of ether oxygens (including phenoxy) is 1. The van der Waals surface area contributed by atoms with Crippen molar-refractivity contribution < 1.29 is 14.3 Å². The number of nitrogens with one attached hydrogen (secondary N) is 1. The monoisotopic (exact) mass is 361 g/mol. The van der Waals surface area contributed by atoms with Crippen LogP contribution in [0.5, 0.6) is 5.75 Å². The van der Waals surface area contributed by atoms with Gasteiger partial charge in [-0.1, -0.05) is 34.1 Å². The van der Waals surface area contributed by atoms with Gasteiger partial charge in [0, 0.05) is 10.0 Å². The molecule has 0 aliphatic carbocycles. The number of carbonyl (C=O) groups excluding carboxylic acids is 2. The van der Waals surface area contributed by atoms with E-state index in [1.54, 1.807) is 42.5 Å². The third-order valence-electron chi connectivity index (χ3n) is 2.56. The quantitative estimate of drug-likeness (QED) is 0.379. The maximum absolute atomic E-state index is 12.1. The van der Waals surface area contributed by atoms with Gasteiger partial charge in [0.25, 0.3) is 0 Å². The van der Waals surface area contributed by atoms with Crippen LogP contribution in [0.4, 0.5) is 4.79 Å². The minimum atomic E-state index is -0.783. The first kappa shape index (κ1) is 15.7. The molecule has 0 saturated heterocycles. The summed E-state index contributed by atoms with van der Waals surface area (Å²) >= 11 is 3.31. The molecule has 2 rings (SSSR count). The largest absolute Gasteiger partial charge is 0.422 e. The summed E-state index contributed by atoms with van der Waals surface area (Å²) in [4.78, 5) is 22.7. The lowest BCUT2D eigenvalue weighted by Gasteiger charge is -2.08. The highest BCUT2D eigenvalue weighted by atomic mass is 79.9. The van der Waals surface area contributed by atoms with Crippen LogP contribution in [0.25, 0.3) is 0 Å². The van der Waals surface area contributed by atoms with Crippen LogP contribution in [-0.2, 0) is 0 Å². The lowest BCUT2D eigenvalue weighted by molar-refractivity contribution is 0.0734. The Kier molecular flexibility index (Phi) is 5.26. The predicted octanol–water partition coefficient (Wildman–Crippen LogP) is 2.67. The molecule has 0 aliphatic heterocycles. The Morgan fingerprint density at radius 3 is 2.59 bits per heavy atom. The summed E-state index contributed by atoms with van der Waals surface area (Å²) < 4.78 is 6.12. The number of esters is 1. The summed E-state index contributed by atoms with van der Waals surface area (Å²) in [5.41, 5.74) is 7.94. The molecule has 0 unspecified atom stereocenters. The van der Waals surface area contributed by atoms with E-state index >= 15 is 0 Å². The van der Waals surface area contributed by atoms with Crippen LogP contribution in [0, 0.1) is 0 Å². The van der Waals surface area contributed by atoms with Gasteiger partial charge in [-0.3, -0.25) is 0 Å². The fourth-order valence-corrected chi connectivity index (χ4v) is 1.99. The van der Waals surface area contributed by atoms with Crippen LogP contribution in [0.3, 0.4) is 0 Å². The van der Waals surface area contributed by atoms with E-state index in [-0.39, 0.29) is 0 Å². The Morgan fingerprint density at radius 2 is 1.91 bits per heavy atom. The molecule has 0 bridgehead atoms. The number of nitrogens with zero attached hydrogens (tertiary/aromatic N) is 1. The topological polar surface area (TPSA) is 93.8 Å². The van der Waals surface area contributed by atoms with Gasteiger partial charge < -0.3 is 10.5 Å². The van der Waals surface area contributed by atoms with Crippen molar-refractivity contribution in [3.63, 3.8) is 0 Å². The molecule has 0 aliphatic rings. The molecule has 3 N–H and O–H groups in total. The molecule has 0 fully saturated rings. The first-order valence-corrected chi connectivity index (χ1v) is 7.01. The Labute approximate surface area is 135 Å². The van der Waals surface area contributed by atoms with Crippen molar-refractivity contribution in [3.05, 3.63) is 64.1 Å². The zero-order valence-electron chi connectivity index (χ0n) is 11.3. The van der Waals surface area contributed by atoms with Crippen LogP contribution in [-0.4, -0.2) is 18.2 Å². The first-order valence-electron chi connectivity index (χ1n) is 6.21. The number of nitrogens with two attached hydrogens (primary N) is 1. The van der Waals surface area contributed by atoms with E-state index in [9.17, 15) is 9.59 Å². The average Bonchev–Trinajstić information content (AvgIpc) is 2.50. The molecule has 2 amide bonds. The Bertz CT molecular complexity index is 717. The number of hydrogen-bond acceptors (Lipinski definition) is 4. The molecule has 0 heterocycles. The van der Waals surface area contributed by atoms with Crippen molar-refractivity contribution in [2.45, 2.75) is 0 Å². The number of benzene rings is 2. The molecule has 22 heavy (non-hydrogen) atoms. The van der Waals surface area contributed by atoms with Gasteiger partial charge in [-0.2, -0.15) is 5.10 Å². The summed E-state index contributed by atoms with van der Waals surface area (Å²) in [5.74, 6) is -0.174. The number of rotatable bonds is 4. The third-order valence-corrected chi connectivity index (χ3v) is 3.06. The number of amides is 2. The van der Waals surface area contributed by atoms with Crippen molar-refractivity contribution in [1.29, 1.82) is 0 Å². The van der Waals surface area contributed by atoms with Crippen molar-refractivity contribution in [1.82, 2.24) is 5.43 Å². The number of urea groups is 1.